The zero-order chi connectivity index (χ0) is 6.85. The van der Waals surface area contributed by atoms with E-state index in [1.54, 1.807) is 13.0 Å². The van der Waals surface area contributed by atoms with Crippen molar-refractivity contribution < 1.29 is 4.39 Å². The molecule has 0 bridgehead atoms. The highest BCUT2D eigenvalue weighted by Crippen LogP contribution is 2.08. The third-order valence-electron chi connectivity index (χ3n) is 1.02. The molecule has 0 saturated carbocycles. The van der Waals surface area contributed by atoms with Crippen LogP contribution < -0.4 is 0 Å². The first-order valence-electron chi connectivity index (χ1n) is 2.52. The molecule has 1 aromatic heterocycles. The molecular weight excluding hydrogens is 137 g/mol. The van der Waals surface area contributed by atoms with Crippen LogP contribution in [0.1, 0.15) is 5.69 Å². The van der Waals surface area contributed by atoms with Gasteiger partial charge in [-0.05, 0) is 19.1 Å². The van der Waals surface area contributed by atoms with Crippen LogP contribution in [-0.4, -0.2) is 4.98 Å². The van der Waals surface area contributed by atoms with Gasteiger partial charge in [0.15, 0.2) is 0 Å². The molecule has 0 aliphatic heterocycles. The van der Waals surface area contributed by atoms with Gasteiger partial charge < -0.3 is 0 Å². The van der Waals surface area contributed by atoms with E-state index in [1.165, 1.54) is 6.07 Å². The van der Waals surface area contributed by atoms with Gasteiger partial charge in [-0.2, -0.15) is 4.39 Å². The second-order valence-electron chi connectivity index (χ2n) is 1.74. The van der Waals surface area contributed by atoms with Gasteiger partial charge in [0, 0.05) is 4.90 Å². The van der Waals surface area contributed by atoms with Crippen molar-refractivity contribution in [2.45, 2.75) is 11.8 Å². The zero-order valence-corrected chi connectivity index (χ0v) is 5.82. The summed E-state index contributed by atoms with van der Waals surface area (Å²) in [6, 6.07) is 2.87. The van der Waals surface area contributed by atoms with Crippen molar-refractivity contribution in [1.82, 2.24) is 4.98 Å². The van der Waals surface area contributed by atoms with Crippen molar-refractivity contribution >= 4 is 12.6 Å². The van der Waals surface area contributed by atoms with Crippen molar-refractivity contribution in [3.8, 4) is 0 Å². The van der Waals surface area contributed by atoms with Crippen LogP contribution in [0.3, 0.4) is 0 Å². The minimum Gasteiger partial charge on any atom is -0.224 e. The van der Waals surface area contributed by atoms with Gasteiger partial charge in [0.25, 0.3) is 0 Å². The van der Waals surface area contributed by atoms with Crippen LogP contribution in [0.25, 0.3) is 0 Å². The predicted octanol–water partition coefficient (Wildman–Crippen LogP) is 1.82. The lowest BCUT2D eigenvalue weighted by Gasteiger charge is -1.94. The summed E-state index contributed by atoms with van der Waals surface area (Å²) >= 11 is 4.02. The molecule has 0 aromatic carbocycles. The van der Waals surface area contributed by atoms with E-state index < -0.39 is 5.95 Å². The zero-order valence-electron chi connectivity index (χ0n) is 4.93. The molecule has 0 atom stereocenters. The van der Waals surface area contributed by atoms with E-state index in [2.05, 4.69) is 17.6 Å². The fraction of sp³-hybridized carbons (Fsp3) is 0.167. The first kappa shape index (κ1) is 6.55. The number of pyridine rings is 1. The first-order chi connectivity index (χ1) is 4.20. The minimum absolute atomic E-state index is 0.453. The lowest BCUT2D eigenvalue weighted by Crippen LogP contribution is -1.86. The summed E-state index contributed by atoms with van der Waals surface area (Å²) in [7, 11) is 0. The molecule has 1 rings (SSSR count). The van der Waals surface area contributed by atoms with Crippen LogP contribution in [0.2, 0.25) is 0 Å². The standard InChI is InChI=1S/C6H6FNS/c1-4-5(9)2-3-6(7)8-4/h2-3,9H,1H3. The molecule has 0 aliphatic rings. The molecule has 48 valence electrons. The van der Waals surface area contributed by atoms with Crippen LogP contribution in [-0.2, 0) is 0 Å². The smallest absolute Gasteiger partial charge is 0.213 e. The summed E-state index contributed by atoms with van der Waals surface area (Å²) < 4.78 is 12.2. The highest BCUT2D eigenvalue weighted by atomic mass is 32.1. The summed E-state index contributed by atoms with van der Waals surface area (Å²) in [5.41, 5.74) is 0.623. The van der Waals surface area contributed by atoms with E-state index in [0.717, 1.165) is 4.90 Å². The van der Waals surface area contributed by atoms with Gasteiger partial charge in [0.2, 0.25) is 5.95 Å². The number of aryl methyl sites for hydroxylation is 1. The molecule has 0 amide bonds. The Morgan fingerprint density at radius 1 is 1.56 bits per heavy atom. The molecule has 0 aliphatic carbocycles. The lowest BCUT2D eigenvalue weighted by atomic mass is 10.4. The monoisotopic (exact) mass is 143 g/mol. The molecule has 1 nitrogen and oxygen atoms in total. The number of thiol groups is 1. The van der Waals surface area contributed by atoms with Gasteiger partial charge in [0.1, 0.15) is 0 Å². The second-order valence-corrected chi connectivity index (χ2v) is 2.22. The fourth-order valence-corrected chi connectivity index (χ4v) is 0.648. The molecule has 3 heteroatoms. The van der Waals surface area contributed by atoms with Gasteiger partial charge in [-0.15, -0.1) is 12.6 Å². The Morgan fingerprint density at radius 3 is 2.67 bits per heavy atom. The van der Waals surface area contributed by atoms with Gasteiger partial charge >= 0.3 is 0 Å². The lowest BCUT2D eigenvalue weighted by molar-refractivity contribution is 0.577. The van der Waals surface area contributed by atoms with Crippen molar-refractivity contribution in [2.24, 2.45) is 0 Å². The van der Waals surface area contributed by atoms with Crippen LogP contribution in [0.4, 0.5) is 4.39 Å². The molecule has 9 heavy (non-hydrogen) atoms. The molecule has 1 heterocycles. The Kier molecular flexibility index (Phi) is 1.71. The molecule has 1 aromatic rings. The number of halogens is 1. The van der Waals surface area contributed by atoms with E-state index in [1.807, 2.05) is 0 Å². The molecule has 0 radical (unpaired) electrons. The third-order valence-corrected chi connectivity index (χ3v) is 1.50. The summed E-state index contributed by atoms with van der Waals surface area (Å²) in [5.74, 6) is -0.453. The van der Waals surface area contributed by atoms with E-state index in [4.69, 9.17) is 0 Å². The minimum atomic E-state index is -0.453. The SMILES string of the molecule is Cc1nc(F)ccc1S. The first-order valence-corrected chi connectivity index (χ1v) is 2.97. The van der Waals surface area contributed by atoms with Gasteiger partial charge in [-0.3, -0.25) is 0 Å². The van der Waals surface area contributed by atoms with Crippen molar-refractivity contribution in [3.63, 3.8) is 0 Å². The van der Waals surface area contributed by atoms with Crippen molar-refractivity contribution in [1.29, 1.82) is 0 Å². The quantitative estimate of drug-likeness (QED) is 0.431. The van der Waals surface area contributed by atoms with Crippen LogP contribution >= 0.6 is 12.6 Å². The number of hydrogen-bond acceptors (Lipinski definition) is 2. The molecule has 0 unspecified atom stereocenters. The predicted molar refractivity (Wildman–Crippen MR) is 36.2 cm³/mol. The average Bonchev–Trinajstić information content (AvgIpc) is 1.80. The largest absolute Gasteiger partial charge is 0.224 e. The molecule has 0 spiro atoms. The Bertz CT molecular complexity index is 224. The summed E-state index contributed by atoms with van der Waals surface area (Å²) in [4.78, 5) is 4.25. The molecule has 0 N–H and O–H groups in total. The highest BCUT2D eigenvalue weighted by Gasteiger charge is 1.94. The summed E-state index contributed by atoms with van der Waals surface area (Å²) in [5, 5.41) is 0. The van der Waals surface area contributed by atoms with E-state index in [0.29, 0.717) is 5.69 Å². The number of hydrogen-bond donors (Lipinski definition) is 1. The number of aromatic nitrogens is 1. The topological polar surface area (TPSA) is 12.9 Å². The normalized spacial score (nSPS) is 9.67. The van der Waals surface area contributed by atoms with Gasteiger partial charge in [-0.25, -0.2) is 4.98 Å². The Morgan fingerprint density at radius 2 is 2.22 bits per heavy atom. The Balaban J connectivity index is 3.17. The van der Waals surface area contributed by atoms with Crippen LogP contribution in [0, 0.1) is 12.9 Å². The molecule has 0 saturated heterocycles. The van der Waals surface area contributed by atoms with E-state index in [-0.39, 0.29) is 0 Å². The highest BCUT2D eigenvalue weighted by molar-refractivity contribution is 7.80. The second kappa shape index (κ2) is 2.35. The van der Waals surface area contributed by atoms with Gasteiger partial charge in [-0.1, -0.05) is 0 Å². The number of rotatable bonds is 0. The van der Waals surface area contributed by atoms with Gasteiger partial charge in [0.05, 0.1) is 5.69 Å². The maximum Gasteiger partial charge on any atom is 0.213 e. The summed E-state index contributed by atoms with van der Waals surface area (Å²) in [6.45, 7) is 1.71. The van der Waals surface area contributed by atoms with Crippen LogP contribution in [0.5, 0.6) is 0 Å². The Labute approximate surface area is 58.3 Å². The van der Waals surface area contributed by atoms with E-state index in [9.17, 15) is 4.39 Å². The van der Waals surface area contributed by atoms with E-state index >= 15 is 0 Å². The maximum atomic E-state index is 12.2. The summed E-state index contributed by atoms with van der Waals surface area (Å²) in [6.07, 6.45) is 0. The third kappa shape index (κ3) is 1.42. The van der Waals surface area contributed by atoms with Crippen molar-refractivity contribution in [3.05, 3.63) is 23.8 Å². The maximum absolute atomic E-state index is 12.2. The average molecular weight is 143 g/mol. The molecular formula is C6H6FNS. The van der Waals surface area contributed by atoms with Crippen molar-refractivity contribution in [2.75, 3.05) is 0 Å². The Hall–Kier alpha value is -0.570. The van der Waals surface area contributed by atoms with Crippen LogP contribution in [0.15, 0.2) is 17.0 Å². The molecule has 0 fully saturated rings. The number of nitrogens with zero attached hydrogens (tertiary/aromatic N) is 1. The fourth-order valence-electron chi connectivity index (χ4n) is 0.523.